The summed E-state index contributed by atoms with van der Waals surface area (Å²) >= 11 is 3.66. The Labute approximate surface area is 188 Å². The second kappa shape index (κ2) is 11.4. The van der Waals surface area contributed by atoms with E-state index in [-0.39, 0.29) is 30.0 Å². The average Bonchev–Trinajstić information content (AvgIpc) is 3.33. The van der Waals surface area contributed by atoms with Crippen molar-refractivity contribution in [1.82, 2.24) is 15.5 Å². The maximum Gasteiger partial charge on any atom is 0.191 e. The van der Waals surface area contributed by atoms with Crippen LogP contribution in [0.5, 0.6) is 0 Å². The molecule has 1 aliphatic heterocycles. The zero-order valence-electron chi connectivity index (χ0n) is 16.4. The van der Waals surface area contributed by atoms with Crippen molar-refractivity contribution in [2.75, 3.05) is 26.7 Å². The Morgan fingerprint density at radius 1 is 1.30 bits per heavy atom. The number of nitrogens with one attached hydrogen (secondary N) is 2. The van der Waals surface area contributed by atoms with Gasteiger partial charge in [0.1, 0.15) is 0 Å². The van der Waals surface area contributed by atoms with Crippen molar-refractivity contribution in [2.24, 2.45) is 10.9 Å². The van der Waals surface area contributed by atoms with Gasteiger partial charge in [-0.2, -0.15) is 0 Å². The van der Waals surface area contributed by atoms with Crippen LogP contribution in [0.15, 0.2) is 40.0 Å². The first-order chi connectivity index (χ1) is 12.7. The number of nitrogens with zero attached hydrogens (tertiary/aromatic N) is 2. The van der Waals surface area contributed by atoms with E-state index in [9.17, 15) is 0 Å². The molecule has 3 atom stereocenters. The number of piperidine rings is 1. The molecule has 4 nitrogen and oxygen atoms in total. The number of hydrogen-bond donors (Lipinski definition) is 2. The van der Waals surface area contributed by atoms with E-state index in [1.165, 1.54) is 29.1 Å². The maximum atomic E-state index is 4.96. The van der Waals surface area contributed by atoms with E-state index in [0.717, 1.165) is 19.0 Å². The number of aliphatic imine (C=N–C) groups is 1. The highest BCUT2D eigenvalue weighted by molar-refractivity contribution is 14.0. The van der Waals surface area contributed by atoms with Crippen LogP contribution in [0.4, 0.5) is 0 Å². The molecule has 0 aliphatic carbocycles. The van der Waals surface area contributed by atoms with E-state index >= 15 is 0 Å². The molecule has 1 saturated heterocycles. The zero-order chi connectivity index (χ0) is 18.4. The Morgan fingerprint density at radius 2 is 2.07 bits per heavy atom. The summed E-state index contributed by atoms with van der Waals surface area (Å²) in [6.07, 6.45) is 2.50. The molecular formula is C20H31IN4S2. The standard InChI is InChI=1S/C20H30N4S2.HI/c1-4-21-20(23-15(2)17-9-6-12-25-17)22-14-16-8-5-11-24(3)19(16)18-10-7-13-26-18;/h6-7,9-10,12-13,15-16,19H,4-5,8,11,14H2,1-3H3,(H2,21,22,23);1H. The Balaban J connectivity index is 0.00000261. The molecule has 3 unspecified atom stereocenters. The van der Waals surface area contributed by atoms with E-state index in [2.05, 4.69) is 71.5 Å². The van der Waals surface area contributed by atoms with E-state index in [0.29, 0.717) is 12.0 Å². The van der Waals surface area contributed by atoms with E-state index in [1.54, 1.807) is 11.3 Å². The van der Waals surface area contributed by atoms with Gasteiger partial charge in [0.2, 0.25) is 0 Å². The molecule has 0 bridgehead atoms. The Bertz CT molecular complexity index is 672. The highest BCUT2D eigenvalue weighted by atomic mass is 127. The lowest BCUT2D eigenvalue weighted by Crippen LogP contribution is -2.40. The number of hydrogen-bond acceptors (Lipinski definition) is 4. The van der Waals surface area contributed by atoms with Gasteiger partial charge in [-0.15, -0.1) is 46.7 Å². The molecule has 1 aliphatic rings. The molecule has 3 heterocycles. The third-order valence-corrected chi connectivity index (χ3v) is 6.99. The highest BCUT2D eigenvalue weighted by Gasteiger charge is 2.31. The molecule has 0 radical (unpaired) electrons. The summed E-state index contributed by atoms with van der Waals surface area (Å²) < 4.78 is 0. The van der Waals surface area contributed by atoms with Crippen molar-refractivity contribution in [1.29, 1.82) is 0 Å². The number of halogens is 1. The average molecular weight is 519 g/mol. The largest absolute Gasteiger partial charge is 0.357 e. The first-order valence-corrected chi connectivity index (χ1v) is 11.3. The van der Waals surface area contributed by atoms with Crippen LogP contribution in [-0.4, -0.2) is 37.5 Å². The number of rotatable bonds is 6. The van der Waals surface area contributed by atoms with Crippen LogP contribution in [0.2, 0.25) is 0 Å². The summed E-state index contributed by atoms with van der Waals surface area (Å²) in [5, 5.41) is 11.3. The number of thiophene rings is 2. The second-order valence-electron chi connectivity index (χ2n) is 6.94. The molecule has 3 rings (SSSR count). The van der Waals surface area contributed by atoms with Crippen LogP contribution >= 0.6 is 46.7 Å². The normalized spacial score (nSPS) is 22.1. The smallest absolute Gasteiger partial charge is 0.191 e. The molecule has 27 heavy (non-hydrogen) atoms. The van der Waals surface area contributed by atoms with Gasteiger partial charge in [0.25, 0.3) is 0 Å². The van der Waals surface area contributed by atoms with Crippen molar-refractivity contribution in [3.8, 4) is 0 Å². The summed E-state index contributed by atoms with van der Waals surface area (Å²) in [5.74, 6) is 1.49. The fraction of sp³-hybridized carbons (Fsp3) is 0.550. The number of likely N-dealkylation sites (tertiary alicyclic amines) is 1. The van der Waals surface area contributed by atoms with Crippen molar-refractivity contribution in [3.63, 3.8) is 0 Å². The minimum Gasteiger partial charge on any atom is -0.357 e. The van der Waals surface area contributed by atoms with Gasteiger partial charge in [0, 0.05) is 28.9 Å². The number of guanidine groups is 1. The van der Waals surface area contributed by atoms with E-state index < -0.39 is 0 Å². The van der Waals surface area contributed by atoms with Crippen molar-refractivity contribution in [2.45, 2.75) is 38.8 Å². The quantitative estimate of drug-likeness (QED) is 0.317. The first kappa shape index (κ1) is 22.6. The summed E-state index contributed by atoms with van der Waals surface area (Å²) in [5.41, 5.74) is 0. The second-order valence-corrected chi connectivity index (χ2v) is 8.90. The first-order valence-electron chi connectivity index (χ1n) is 9.51. The van der Waals surface area contributed by atoms with Crippen LogP contribution < -0.4 is 10.6 Å². The van der Waals surface area contributed by atoms with Crippen molar-refractivity contribution in [3.05, 3.63) is 44.8 Å². The van der Waals surface area contributed by atoms with Crippen LogP contribution in [0.3, 0.4) is 0 Å². The molecule has 7 heteroatoms. The third kappa shape index (κ3) is 6.17. The maximum absolute atomic E-state index is 4.96. The Hall–Kier alpha value is -0.640. The topological polar surface area (TPSA) is 39.7 Å². The van der Waals surface area contributed by atoms with Gasteiger partial charge < -0.3 is 10.6 Å². The lowest BCUT2D eigenvalue weighted by molar-refractivity contribution is 0.128. The fourth-order valence-electron chi connectivity index (χ4n) is 3.70. The molecule has 0 saturated carbocycles. The van der Waals surface area contributed by atoms with Gasteiger partial charge >= 0.3 is 0 Å². The van der Waals surface area contributed by atoms with Crippen molar-refractivity contribution < 1.29 is 0 Å². The molecule has 0 amide bonds. The molecule has 150 valence electrons. The molecule has 2 N–H and O–H groups in total. The molecule has 0 spiro atoms. The van der Waals surface area contributed by atoms with Gasteiger partial charge in [-0.1, -0.05) is 12.1 Å². The minimum atomic E-state index is 0. The Kier molecular flexibility index (Phi) is 9.55. The third-order valence-electron chi connectivity index (χ3n) is 4.99. The van der Waals surface area contributed by atoms with Crippen molar-refractivity contribution >= 4 is 52.6 Å². The highest BCUT2D eigenvalue weighted by Crippen LogP contribution is 2.37. The molecule has 1 fully saturated rings. The van der Waals surface area contributed by atoms with Gasteiger partial charge in [0.05, 0.1) is 6.04 Å². The van der Waals surface area contributed by atoms with E-state index in [1.807, 2.05) is 11.3 Å². The van der Waals surface area contributed by atoms with Crippen LogP contribution in [0.1, 0.15) is 48.5 Å². The molecule has 0 aromatic carbocycles. The minimum absolute atomic E-state index is 0. The summed E-state index contributed by atoms with van der Waals surface area (Å²) in [4.78, 5) is 10.3. The van der Waals surface area contributed by atoms with Gasteiger partial charge in [0.15, 0.2) is 5.96 Å². The van der Waals surface area contributed by atoms with Crippen LogP contribution in [-0.2, 0) is 0 Å². The summed E-state index contributed by atoms with van der Waals surface area (Å²) in [6.45, 7) is 7.23. The zero-order valence-corrected chi connectivity index (χ0v) is 20.3. The molecule has 2 aromatic heterocycles. The lowest BCUT2D eigenvalue weighted by Gasteiger charge is -2.38. The fourth-order valence-corrected chi connectivity index (χ4v) is 5.42. The van der Waals surface area contributed by atoms with Crippen LogP contribution in [0.25, 0.3) is 0 Å². The lowest BCUT2D eigenvalue weighted by atomic mass is 9.88. The van der Waals surface area contributed by atoms with Gasteiger partial charge in [-0.25, -0.2) is 0 Å². The predicted molar refractivity (Wildman–Crippen MR) is 130 cm³/mol. The molecular weight excluding hydrogens is 487 g/mol. The summed E-state index contributed by atoms with van der Waals surface area (Å²) in [7, 11) is 2.25. The van der Waals surface area contributed by atoms with Gasteiger partial charge in [-0.05, 0) is 69.1 Å². The monoisotopic (exact) mass is 518 g/mol. The molecule has 2 aromatic rings. The van der Waals surface area contributed by atoms with Gasteiger partial charge in [-0.3, -0.25) is 9.89 Å². The predicted octanol–water partition coefficient (Wildman–Crippen LogP) is 5.13. The summed E-state index contributed by atoms with van der Waals surface area (Å²) in [6, 6.07) is 9.48. The van der Waals surface area contributed by atoms with E-state index in [4.69, 9.17) is 4.99 Å². The SMILES string of the molecule is CCNC(=NCC1CCCN(C)C1c1cccs1)NC(C)c1cccs1.I. The van der Waals surface area contributed by atoms with Crippen LogP contribution in [0, 0.1) is 5.92 Å². The Morgan fingerprint density at radius 3 is 2.74 bits per heavy atom.